The molecule has 0 aliphatic carbocycles. The van der Waals surface area contributed by atoms with Gasteiger partial charge in [0.1, 0.15) is 10.7 Å². The third kappa shape index (κ3) is 3.11. The molecule has 0 spiro atoms. The van der Waals surface area contributed by atoms with Gasteiger partial charge in [-0.1, -0.05) is 11.3 Å². The molecule has 1 aliphatic heterocycles. The molecule has 4 N–H and O–H groups in total. The summed E-state index contributed by atoms with van der Waals surface area (Å²) in [7, 11) is 0. The van der Waals surface area contributed by atoms with E-state index in [0.29, 0.717) is 16.6 Å². The number of ether oxygens (including phenoxy) is 1. The number of amides is 1. The van der Waals surface area contributed by atoms with Crippen molar-refractivity contribution in [3.05, 3.63) is 4.88 Å². The Morgan fingerprint density at radius 2 is 2.50 bits per heavy atom. The lowest BCUT2D eigenvalue weighted by atomic mass is 10.2. The predicted molar refractivity (Wildman–Crippen MR) is 72.0 cm³/mol. The van der Waals surface area contributed by atoms with Crippen LogP contribution in [0.2, 0.25) is 0 Å². The van der Waals surface area contributed by atoms with Crippen molar-refractivity contribution in [3.8, 4) is 0 Å². The standard InChI is InChI=1S/C11H18N4O2S/c1-2-13-11-15-9(12)8(18-11)10(16)14-6-7-4-3-5-17-7/h7H,2-6,12H2,1H3,(H,13,15)(H,14,16). The zero-order valence-corrected chi connectivity index (χ0v) is 11.2. The van der Waals surface area contributed by atoms with E-state index >= 15 is 0 Å². The van der Waals surface area contributed by atoms with Crippen molar-refractivity contribution in [2.75, 3.05) is 30.7 Å². The molecular formula is C11H18N4O2S. The molecule has 1 atom stereocenters. The van der Waals surface area contributed by atoms with Crippen LogP contribution < -0.4 is 16.4 Å². The van der Waals surface area contributed by atoms with Crippen molar-refractivity contribution in [2.24, 2.45) is 0 Å². The van der Waals surface area contributed by atoms with E-state index in [-0.39, 0.29) is 17.8 Å². The van der Waals surface area contributed by atoms with Gasteiger partial charge in [-0.3, -0.25) is 4.79 Å². The van der Waals surface area contributed by atoms with Gasteiger partial charge < -0.3 is 21.1 Å². The van der Waals surface area contributed by atoms with Crippen LogP contribution in [0, 0.1) is 0 Å². The second kappa shape index (κ2) is 6.01. The Morgan fingerprint density at radius 3 is 3.17 bits per heavy atom. The molecule has 2 heterocycles. The molecule has 100 valence electrons. The number of carbonyl (C=O) groups is 1. The Labute approximate surface area is 110 Å². The van der Waals surface area contributed by atoms with E-state index in [2.05, 4.69) is 15.6 Å². The molecule has 1 aromatic rings. The zero-order chi connectivity index (χ0) is 13.0. The smallest absolute Gasteiger partial charge is 0.265 e. The van der Waals surface area contributed by atoms with E-state index in [4.69, 9.17) is 10.5 Å². The summed E-state index contributed by atoms with van der Waals surface area (Å²) in [5, 5.41) is 6.56. The number of nitrogen functional groups attached to an aromatic ring is 1. The minimum absolute atomic E-state index is 0.135. The Morgan fingerprint density at radius 1 is 1.67 bits per heavy atom. The van der Waals surface area contributed by atoms with Gasteiger partial charge in [-0.25, -0.2) is 4.98 Å². The molecule has 1 aromatic heterocycles. The van der Waals surface area contributed by atoms with E-state index in [1.807, 2.05) is 6.92 Å². The number of anilines is 2. The van der Waals surface area contributed by atoms with E-state index in [9.17, 15) is 4.79 Å². The quantitative estimate of drug-likeness (QED) is 0.744. The van der Waals surface area contributed by atoms with Gasteiger partial charge in [0.2, 0.25) is 0 Å². The molecule has 0 radical (unpaired) electrons. The van der Waals surface area contributed by atoms with Crippen molar-refractivity contribution in [3.63, 3.8) is 0 Å². The van der Waals surface area contributed by atoms with Gasteiger partial charge in [-0.15, -0.1) is 0 Å². The van der Waals surface area contributed by atoms with Crippen LogP contribution in [0.15, 0.2) is 0 Å². The average Bonchev–Trinajstić information content (AvgIpc) is 2.96. The minimum atomic E-state index is -0.176. The SMILES string of the molecule is CCNc1nc(N)c(C(=O)NCC2CCCO2)s1. The van der Waals surface area contributed by atoms with Crippen LogP contribution in [-0.2, 0) is 4.74 Å². The number of rotatable bonds is 5. The van der Waals surface area contributed by atoms with Gasteiger partial charge >= 0.3 is 0 Å². The fourth-order valence-corrected chi connectivity index (χ4v) is 2.68. The van der Waals surface area contributed by atoms with Gasteiger partial charge in [0, 0.05) is 19.7 Å². The zero-order valence-electron chi connectivity index (χ0n) is 10.4. The summed E-state index contributed by atoms with van der Waals surface area (Å²) >= 11 is 1.27. The van der Waals surface area contributed by atoms with Crippen molar-refractivity contribution < 1.29 is 9.53 Å². The number of nitrogens with two attached hydrogens (primary N) is 1. The highest BCUT2D eigenvalue weighted by Crippen LogP contribution is 2.24. The second-order valence-electron chi connectivity index (χ2n) is 4.11. The van der Waals surface area contributed by atoms with Crippen LogP contribution in [0.25, 0.3) is 0 Å². The summed E-state index contributed by atoms with van der Waals surface area (Å²) in [5.41, 5.74) is 5.72. The van der Waals surface area contributed by atoms with E-state index in [1.54, 1.807) is 0 Å². The summed E-state index contributed by atoms with van der Waals surface area (Å²) in [6.45, 7) is 4.04. The fraction of sp³-hybridized carbons (Fsp3) is 0.636. The Hall–Kier alpha value is -1.34. The lowest BCUT2D eigenvalue weighted by molar-refractivity contribution is 0.0861. The molecule has 6 nitrogen and oxygen atoms in total. The monoisotopic (exact) mass is 270 g/mol. The summed E-state index contributed by atoms with van der Waals surface area (Å²) < 4.78 is 5.44. The molecule has 0 aromatic carbocycles. The first-order chi connectivity index (χ1) is 8.70. The summed E-state index contributed by atoms with van der Waals surface area (Å²) in [5.74, 6) is 0.102. The fourth-order valence-electron chi connectivity index (χ4n) is 1.81. The van der Waals surface area contributed by atoms with Crippen LogP contribution in [0.1, 0.15) is 29.4 Å². The third-order valence-electron chi connectivity index (χ3n) is 2.70. The second-order valence-corrected chi connectivity index (χ2v) is 5.11. The van der Waals surface area contributed by atoms with E-state index in [1.165, 1.54) is 11.3 Å². The van der Waals surface area contributed by atoms with Crippen LogP contribution in [-0.4, -0.2) is 36.7 Å². The average molecular weight is 270 g/mol. The minimum Gasteiger partial charge on any atom is -0.382 e. The van der Waals surface area contributed by atoms with Gasteiger partial charge in [-0.05, 0) is 19.8 Å². The lowest BCUT2D eigenvalue weighted by Gasteiger charge is -2.09. The summed E-state index contributed by atoms with van der Waals surface area (Å²) in [6.07, 6.45) is 2.20. The molecular weight excluding hydrogens is 252 g/mol. The highest BCUT2D eigenvalue weighted by molar-refractivity contribution is 7.18. The molecule has 1 aliphatic rings. The largest absolute Gasteiger partial charge is 0.382 e. The topological polar surface area (TPSA) is 89.3 Å². The van der Waals surface area contributed by atoms with E-state index in [0.717, 1.165) is 26.0 Å². The molecule has 1 amide bonds. The Bertz CT molecular complexity index is 415. The summed E-state index contributed by atoms with van der Waals surface area (Å²) in [6, 6.07) is 0. The van der Waals surface area contributed by atoms with Crippen LogP contribution in [0.4, 0.5) is 10.9 Å². The number of hydrogen-bond acceptors (Lipinski definition) is 6. The first-order valence-corrected chi connectivity index (χ1v) is 6.92. The Balaban J connectivity index is 1.91. The number of nitrogens with zero attached hydrogens (tertiary/aromatic N) is 1. The van der Waals surface area contributed by atoms with Crippen LogP contribution >= 0.6 is 11.3 Å². The van der Waals surface area contributed by atoms with E-state index < -0.39 is 0 Å². The predicted octanol–water partition coefficient (Wildman–Crippen LogP) is 1.07. The van der Waals surface area contributed by atoms with Gasteiger partial charge in [0.15, 0.2) is 5.13 Å². The van der Waals surface area contributed by atoms with Crippen molar-refractivity contribution in [1.29, 1.82) is 0 Å². The van der Waals surface area contributed by atoms with Gasteiger partial charge in [0.05, 0.1) is 6.10 Å². The maximum Gasteiger partial charge on any atom is 0.265 e. The molecule has 0 bridgehead atoms. The molecule has 0 saturated carbocycles. The van der Waals surface area contributed by atoms with Crippen molar-refractivity contribution in [2.45, 2.75) is 25.9 Å². The molecule has 1 saturated heterocycles. The van der Waals surface area contributed by atoms with Crippen LogP contribution in [0.3, 0.4) is 0 Å². The van der Waals surface area contributed by atoms with Crippen molar-refractivity contribution >= 4 is 28.2 Å². The number of hydrogen-bond donors (Lipinski definition) is 3. The lowest BCUT2D eigenvalue weighted by Crippen LogP contribution is -2.31. The van der Waals surface area contributed by atoms with Gasteiger partial charge in [0.25, 0.3) is 5.91 Å². The summed E-state index contributed by atoms with van der Waals surface area (Å²) in [4.78, 5) is 16.5. The maximum atomic E-state index is 11.9. The first kappa shape index (κ1) is 13.1. The third-order valence-corrected chi connectivity index (χ3v) is 3.73. The van der Waals surface area contributed by atoms with Crippen molar-refractivity contribution in [1.82, 2.24) is 10.3 Å². The number of nitrogens with one attached hydrogen (secondary N) is 2. The highest BCUT2D eigenvalue weighted by atomic mass is 32.1. The Kier molecular flexibility index (Phi) is 4.38. The molecule has 2 rings (SSSR count). The molecule has 18 heavy (non-hydrogen) atoms. The number of aromatic nitrogens is 1. The number of carbonyl (C=O) groups excluding carboxylic acids is 1. The highest BCUT2D eigenvalue weighted by Gasteiger charge is 2.19. The van der Waals surface area contributed by atoms with Gasteiger partial charge in [-0.2, -0.15) is 0 Å². The molecule has 7 heteroatoms. The normalized spacial score (nSPS) is 18.8. The number of thiazole rings is 1. The molecule has 1 fully saturated rings. The maximum absolute atomic E-state index is 11.9. The first-order valence-electron chi connectivity index (χ1n) is 6.10. The van der Waals surface area contributed by atoms with Crippen LogP contribution in [0.5, 0.6) is 0 Å². The molecule has 1 unspecified atom stereocenters.